The number of thioether (sulfide) groups is 1. The molecule has 0 saturated heterocycles. The van der Waals surface area contributed by atoms with Crippen LogP contribution in [-0.2, 0) is 0 Å². The summed E-state index contributed by atoms with van der Waals surface area (Å²) in [4.78, 5) is 1.01. The molecule has 0 radical (unpaired) electrons. The van der Waals surface area contributed by atoms with Crippen molar-refractivity contribution in [1.82, 2.24) is 4.37 Å². The van der Waals surface area contributed by atoms with Gasteiger partial charge in [-0.25, -0.2) is 0 Å². The lowest BCUT2D eigenvalue weighted by Crippen LogP contribution is -2.05. The lowest BCUT2D eigenvalue weighted by Gasteiger charge is -2.14. The normalized spacial score (nSPS) is 12.4. The molecule has 3 nitrogen and oxygen atoms in total. The number of rotatable bonds is 4. The molecule has 18 heavy (non-hydrogen) atoms. The predicted octanol–water partition coefficient (Wildman–Crippen LogP) is 4.27. The van der Waals surface area contributed by atoms with E-state index in [4.69, 9.17) is 17.3 Å². The standard InChI is InChI=1S/C12H14ClN3S2/c1-7(8-3-5-9(13)6-4-8)15-12-10(17-2)11(14)16-18-12/h3-7,15H,1-2H3,(H2,14,16). The number of halogens is 1. The third-order valence-electron chi connectivity index (χ3n) is 2.60. The zero-order chi connectivity index (χ0) is 13.1. The van der Waals surface area contributed by atoms with Gasteiger partial charge in [-0.3, -0.25) is 0 Å². The fraction of sp³-hybridized carbons (Fsp3) is 0.250. The van der Waals surface area contributed by atoms with E-state index in [0.29, 0.717) is 5.82 Å². The van der Waals surface area contributed by atoms with Gasteiger partial charge in [-0.1, -0.05) is 23.7 Å². The molecule has 2 rings (SSSR count). The molecule has 1 aromatic carbocycles. The Morgan fingerprint density at radius 2 is 2.06 bits per heavy atom. The van der Waals surface area contributed by atoms with Crippen molar-refractivity contribution in [3.05, 3.63) is 34.9 Å². The van der Waals surface area contributed by atoms with Crippen molar-refractivity contribution < 1.29 is 0 Å². The fourth-order valence-electron chi connectivity index (χ4n) is 1.61. The largest absolute Gasteiger partial charge is 0.382 e. The molecule has 1 heterocycles. The van der Waals surface area contributed by atoms with Gasteiger partial charge in [-0.05, 0) is 42.4 Å². The first-order valence-electron chi connectivity index (χ1n) is 5.43. The van der Waals surface area contributed by atoms with Crippen molar-refractivity contribution in [2.75, 3.05) is 17.3 Å². The van der Waals surface area contributed by atoms with E-state index in [1.807, 2.05) is 30.5 Å². The van der Waals surface area contributed by atoms with Gasteiger partial charge in [0, 0.05) is 11.1 Å². The molecule has 1 atom stereocenters. The molecule has 0 aliphatic carbocycles. The molecular weight excluding hydrogens is 286 g/mol. The molecule has 0 bridgehead atoms. The molecule has 0 aliphatic rings. The molecule has 1 unspecified atom stereocenters. The summed E-state index contributed by atoms with van der Waals surface area (Å²) in [6, 6.07) is 8.01. The minimum atomic E-state index is 0.188. The average Bonchev–Trinajstić information content (AvgIpc) is 2.70. The Labute approximate surface area is 120 Å². The molecule has 6 heteroatoms. The predicted molar refractivity (Wildman–Crippen MR) is 81.8 cm³/mol. The second kappa shape index (κ2) is 5.82. The Morgan fingerprint density at radius 1 is 1.39 bits per heavy atom. The SMILES string of the molecule is CSc1c(N)nsc1NC(C)c1ccc(Cl)cc1. The molecule has 0 aliphatic heterocycles. The number of nitrogens with one attached hydrogen (secondary N) is 1. The summed E-state index contributed by atoms with van der Waals surface area (Å²) in [6.07, 6.45) is 2.00. The van der Waals surface area contributed by atoms with Gasteiger partial charge in [0.25, 0.3) is 0 Å². The summed E-state index contributed by atoms with van der Waals surface area (Å²) in [5, 5.41) is 5.19. The Kier molecular flexibility index (Phi) is 4.37. The van der Waals surface area contributed by atoms with Gasteiger partial charge in [-0.2, -0.15) is 4.37 Å². The maximum Gasteiger partial charge on any atom is 0.153 e. The van der Waals surface area contributed by atoms with E-state index in [0.717, 1.165) is 14.9 Å². The highest BCUT2D eigenvalue weighted by Crippen LogP contribution is 2.36. The van der Waals surface area contributed by atoms with Crippen LogP contribution in [0, 0.1) is 0 Å². The highest BCUT2D eigenvalue weighted by atomic mass is 35.5. The molecule has 0 fully saturated rings. The van der Waals surface area contributed by atoms with Crippen LogP contribution in [0.15, 0.2) is 29.2 Å². The van der Waals surface area contributed by atoms with Gasteiger partial charge in [0.1, 0.15) is 5.00 Å². The number of hydrogen-bond acceptors (Lipinski definition) is 5. The molecule has 96 valence electrons. The zero-order valence-electron chi connectivity index (χ0n) is 10.1. The number of nitrogen functional groups attached to an aromatic ring is 1. The van der Waals surface area contributed by atoms with Gasteiger partial charge in [0.2, 0.25) is 0 Å². The number of nitrogens with zero attached hydrogens (tertiary/aromatic N) is 1. The van der Waals surface area contributed by atoms with Crippen LogP contribution >= 0.6 is 34.9 Å². The second-order valence-corrected chi connectivity index (χ2v) is 5.87. The highest BCUT2D eigenvalue weighted by molar-refractivity contribution is 7.99. The first kappa shape index (κ1) is 13.5. The Hall–Kier alpha value is -0.910. The van der Waals surface area contributed by atoms with Gasteiger partial charge >= 0.3 is 0 Å². The summed E-state index contributed by atoms with van der Waals surface area (Å²) >= 11 is 8.88. The Bertz CT molecular complexity index is 525. The summed E-state index contributed by atoms with van der Waals surface area (Å²) < 4.78 is 4.16. The zero-order valence-corrected chi connectivity index (χ0v) is 12.5. The summed E-state index contributed by atoms with van der Waals surface area (Å²) in [7, 11) is 0. The van der Waals surface area contributed by atoms with Crippen LogP contribution in [0.4, 0.5) is 10.8 Å². The maximum atomic E-state index is 5.88. The number of benzene rings is 1. The molecule has 1 aromatic heterocycles. The van der Waals surface area contributed by atoms with Crippen LogP contribution in [0.3, 0.4) is 0 Å². The van der Waals surface area contributed by atoms with E-state index in [2.05, 4.69) is 16.6 Å². The smallest absolute Gasteiger partial charge is 0.153 e. The van der Waals surface area contributed by atoms with Gasteiger partial charge < -0.3 is 11.1 Å². The van der Waals surface area contributed by atoms with E-state index in [1.54, 1.807) is 11.8 Å². The van der Waals surface area contributed by atoms with E-state index < -0.39 is 0 Å². The van der Waals surface area contributed by atoms with Gasteiger partial charge in [0.05, 0.1) is 4.90 Å². The number of nitrogens with two attached hydrogens (primary N) is 1. The van der Waals surface area contributed by atoms with E-state index in [-0.39, 0.29) is 6.04 Å². The van der Waals surface area contributed by atoms with Gasteiger partial charge in [0.15, 0.2) is 5.82 Å². The van der Waals surface area contributed by atoms with Crippen molar-refractivity contribution in [2.24, 2.45) is 0 Å². The van der Waals surface area contributed by atoms with Crippen molar-refractivity contribution in [3.8, 4) is 0 Å². The molecule has 0 saturated carbocycles. The molecule has 0 amide bonds. The van der Waals surface area contributed by atoms with E-state index in [9.17, 15) is 0 Å². The maximum absolute atomic E-state index is 5.88. The molecule has 2 aromatic rings. The van der Waals surface area contributed by atoms with Crippen molar-refractivity contribution in [1.29, 1.82) is 0 Å². The van der Waals surface area contributed by atoms with Gasteiger partial charge in [-0.15, -0.1) is 11.8 Å². The summed E-state index contributed by atoms with van der Waals surface area (Å²) in [6.45, 7) is 2.10. The second-order valence-electron chi connectivity index (χ2n) is 3.85. The molecular formula is C12H14ClN3S2. The van der Waals surface area contributed by atoms with Crippen LogP contribution in [0.25, 0.3) is 0 Å². The van der Waals surface area contributed by atoms with Crippen LogP contribution in [0.5, 0.6) is 0 Å². The third kappa shape index (κ3) is 2.91. The minimum absolute atomic E-state index is 0.188. The lowest BCUT2D eigenvalue weighted by atomic mass is 10.1. The van der Waals surface area contributed by atoms with Crippen LogP contribution in [0.2, 0.25) is 5.02 Å². The topological polar surface area (TPSA) is 50.9 Å². The summed E-state index contributed by atoms with van der Waals surface area (Å²) in [5.74, 6) is 0.596. The molecule has 0 spiro atoms. The van der Waals surface area contributed by atoms with Crippen LogP contribution in [0.1, 0.15) is 18.5 Å². The van der Waals surface area contributed by atoms with Crippen molar-refractivity contribution >= 4 is 45.7 Å². The van der Waals surface area contributed by atoms with Crippen LogP contribution in [-0.4, -0.2) is 10.6 Å². The monoisotopic (exact) mass is 299 g/mol. The quantitative estimate of drug-likeness (QED) is 0.828. The van der Waals surface area contributed by atoms with Crippen molar-refractivity contribution in [3.63, 3.8) is 0 Å². The minimum Gasteiger partial charge on any atom is -0.382 e. The number of aromatic nitrogens is 1. The van der Waals surface area contributed by atoms with E-state index >= 15 is 0 Å². The number of hydrogen-bond donors (Lipinski definition) is 2. The summed E-state index contributed by atoms with van der Waals surface area (Å²) in [5.41, 5.74) is 6.99. The molecule has 3 N–H and O–H groups in total. The number of anilines is 2. The highest BCUT2D eigenvalue weighted by Gasteiger charge is 2.13. The lowest BCUT2D eigenvalue weighted by molar-refractivity contribution is 0.885. The average molecular weight is 300 g/mol. The Morgan fingerprint density at radius 3 is 2.67 bits per heavy atom. The first-order chi connectivity index (χ1) is 8.61. The van der Waals surface area contributed by atoms with Crippen LogP contribution < -0.4 is 11.1 Å². The fourth-order valence-corrected chi connectivity index (χ4v) is 3.36. The third-order valence-corrected chi connectivity index (χ3v) is 4.59. The first-order valence-corrected chi connectivity index (χ1v) is 7.80. The van der Waals surface area contributed by atoms with E-state index in [1.165, 1.54) is 17.1 Å². The van der Waals surface area contributed by atoms with Crippen molar-refractivity contribution in [2.45, 2.75) is 17.9 Å². The Balaban J connectivity index is 2.15.